The van der Waals surface area contributed by atoms with E-state index in [-0.39, 0.29) is 0 Å². The molecule has 0 amide bonds. The van der Waals surface area contributed by atoms with Gasteiger partial charge in [-0.3, -0.25) is 0 Å². The lowest BCUT2D eigenvalue weighted by Gasteiger charge is -2.26. The number of piperidine rings is 1. The Balaban J connectivity index is 2.39. The number of nitrogens with zero attached hydrogens (tertiary/aromatic N) is 3. The molecule has 0 N–H and O–H groups in total. The zero-order valence-electron chi connectivity index (χ0n) is 7.16. The van der Waals surface area contributed by atoms with Gasteiger partial charge in [-0.25, -0.2) is 0 Å². The molecule has 0 bridgehead atoms. The quantitative estimate of drug-likeness (QED) is 0.326. The molecule has 1 rings (SSSR count). The monoisotopic (exact) mass is 157 g/mol. The summed E-state index contributed by atoms with van der Waals surface area (Å²) in [4.78, 5) is 0.700. The highest BCUT2D eigenvalue weighted by molar-refractivity contribution is 4.62. The number of hydrogen-bond acceptors (Lipinski definition) is 2. The highest BCUT2D eigenvalue weighted by Crippen LogP contribution is 2.15. The zero-order valence-corrected chi connectivity index (χ0v) is 7.16. The van der Waals surface area contributed by atoms with Crippen molar-refractivity contribution >= 4 is 0 Å². The number of hydrazine groups is 1. The molecule has 0 radical (unpaired) electrons. The Hall–Kier alpha value is -0.800. The van der Waals surface area contributed by atoms with E-state index in [1.54, 1.807) is 5.01 Å². The molecule has 1 saturated heterocycles. The summed E-state index contributed by atoms with van der Waals surface area (Å²) >= 11 is 0. The van der Waals surface area contributed by atoms with Crippen LogP contribution in [0.5, 0.6) is 0 Å². The standard InChI is InChI=1S/C7H15N3O/c1-7-3-5-9(6-4-7)10(11)8-2/h7H,3-6H2,1-2H3. The van der Waals surface area contributed by atoms with E-state index in [2.05, 4.69) is 12.0 Å². The molecule has 0 saturated carbocycles. The Labute approximate surface area is 67.1 Å². The Morgan fingerprint density at radius 3 is 2.45 bits per heavy atom. The van der Waals surface area contributed by atoms with Crippen LogP contribution >= 0.6 is 0 Å². The molecule has 64 valence electrons. The van der Waals surface area contributed by atoms with Crippen LogP contribution in [-0.2, 0) is 0 Å². The van der Waals surface area contributed by atoms with Crippen molar-refractivity contribution in [1.82, 2.24) is 5.01 Å². The van der Waals surface area contributed by atoms with Crippen molar-refractivity contribution in [3.05, 3.63) is 5.21 Å². The van der Waals surface area contributed by atoms with Gasteiger partial charge in [0.2, 0.25) is 0 Å². The molecule has 0 atom stereocenters. The zero-order chi connectivity index (χ0) is 8.27. The smallest absolute Gasteiger partial charge is 0.0953 e. The minimum absolute atomic E-state index is 0.700. The first-order valence-electron chi connectivity index (χ1n) is 4.06. The predicted octanol–water partition coefficient (Wildman–Crippen LogP) is 1.23. The highest BCUT2D eigenvalue weighted by Gasteiger charge is 2.19. The minimum Gasteiger partial charge on any atom is -0.572 e. The summed E-state index contributed by atoms with van der Waals surface area (Å²) in [5.74, 6) is 0.761. The van der Waals surface area contributed by atoms with Crippen LogP contribution in [0.3, 0.4) is 0 Å². The molecule has 1 heterocycles. The van der Waals surface area contributed by atoms with Gasteiger partial charge in [0.15, 0.2) is 0 Å². The van der Waals surface area contributed by atoms with E-state index < -0.39 is 0 Å². The minimum atomic E-state index is 0.700. The molecular formula is C7H15N3O. The molecule has 0 aliphatic carbocycles. The number of hydrogen-bond donors (Lipinski definition) is 0. The summed E-state index contributed by atoms with van der Waals surface area (Å²) in [6.07, 6.45) is 2.21. The molecule has 0 aromatic rings. The average molecular weight is 157 g/mol. The molecule has 1 aliphatic rings. The van der Waals surface area contributed by atoms with Crippen LogP contribution in [0.1, 0.15) is 19.8 Å². The van der Waals surface area contributed by atoms with Gasteiger partial charge >= 0.3 is 0 Å². The topological polar surface area (TPSA) is 41.7 Å². The van der Waals surface area contributed by atoms with Gasteiger partial charge in [-0.2, -0.15) is 0 Å². The second-order valence-electron chi connectivity index (χ2n) is 3.09. The molecule has 1 fully saturated rings. The van der Waals surface area contributed by atoms with Gasteiger partial charge in [0, 0.05) is 4.97 Å². The van der Waals surface area contributed by atoms with E-state index in [0.717, 1.165) is 31.8 Å². The van der Waals surface area contributed by atoms with Crippen molar-refractivity contribution < 1.29 is 4.97 Å². The maximum absolute atomic E-state index is 10.9. The van der Waals surface area contributed by atoms with Crippen LogP contribution in [0, 0.1) is 11.1 Å². The number of rotatable bonds is 1. The largest absolute Gasteiger partial charge is 0.572 e. The van der Waals surface area contributed by atoms with E-state index in [4.69, 9.17) is 0 Å². The maximum Gasteiger partial charge on any atom is 0.0953 e. The van der Waals surface area contributed by atoms with E-state index in [1.807, 2.05) is 0 Å². The molecule has 4 heteroatoms. The Morgan fingerprint density at radius 2 is 2.00 bits per heavy atom. The van der Waals surface area contributed by atoms with Gasteiger partial charge in [-0.15, -0.1) is 5.01 Å². The van der Waals surface area contributed by atoms with Crippen molar-refractivity contribution in [2.24, 2.45) is 11.0 Å². The van der Waals surface area contributed by atoms with Crippen LogP contribution in [0.2, 0.25) is 0 Å². The van der Waals surface area contributed by atoms with Crippen molar-refractivity contribution in [3.8, 4) is 0 Å². The van der Waals surface area contributed by atoms with Gasteiger partial charge < -0.3 is 5.21 Å². The highest BCUT2D eigenvalue weighted by atomic mass is 16.5. The van der Waals surface area contributed by atoms with Crippen molar-refractivity contribution in [3.63, 3.8) is 0 Å². The molecule has 4 nitrogen and oxygen atoms in total. The van der Waals surface area contributed by atoms with Crippen LogP contribution in [0.4, 0.5) is 0 Å². The second kappa shape index (κ2) is 3.55. The maximum atomic E-state index is 10.9. The summed E-state index contributed by atoms with van der Waals surface area (Å²) in [5.41, 5.74) is 0. The Bertz CT molecular complexity index is 150. The first kappa shape index (κ1) is 8.30. The van der Waals surface area contributed by atoms with Gasteiger partial charge in [0.1, 0.15) is 0 Å². The van der Waals surface area contributed by atoms with Crippen LogP contribution < -0.4 is 0 Å². The van der Waals surface area contributed by atoms with Crippen LogP contribution in [0.25, 0.3) is 0 Å². The van der Waals surface area contributed by atoms with Gasteiger partial charge in [0.25, 0.3) is 0 Å². The normalized spacial score (nSPS) is 22.4. The second-order valence-corrected chi connectivity index (χ2v) is 3.09. The van der Waals surface area contributed by atoms with Crippen molar-refractivity contribution in [2.45, 2.75) is 19.8 Å². The SMILES string of the molecule is CN=[N+]([O-])N1CCC(C)CC1. The Morgan fingerprint density at radius 1 is 1.45 bits per heavy atom. The molecular weight excluding hydrogens is 142 g/mol. The molecule has 0 spiro atoms. The Kier molecular flexibility index (Phi) is 2.68. The third kappa shape index (κ3) is 2.06. The van der Waals surface area contributed by atoms with Crippen LogP contribution in [-0.4, -0.2) is 30.1 Å². The van der Waals surface area contributed by atoms with Gasteiger partial charge in [-0.05, 0) is 23.9 Å². The van der Waals surface area contributed by atoms with E-state index >= 15 is 0 Å². The lowest BCUT2D eigenvalue weighted by molar-refractivity contribution is -0.694. The lowest BCUT2D eigenvalue weighted by atomic mass is 10.0. The molecule has 11 heavy (non-hydrogen) atoms. The fraction of sp³-hybridized carbons (Fsp3) is 1.00. The molecule has 1 aliphatic heterocycles. The van der Waals surface area contributed by atoms with Crippen LogP contribution in [0.15, 0.2) is 5.11 Å². The first-order valence-corrected chi connectivity index (χ1v) is 4.06. The predicted molar refractivity (Wildman–Crippen MR) is 42.0 cm³/mol. The molecule has 0 aromatic carbocycles. The summed E-state index contributed by atoms with van der Waals surface area (Å²) < 4.78 is 0. The fourth-order valence-electron chi connectivity index (χ4n) is 1.29. The average Bonchev–Trinajstić information content (AvgIpc) is 2.05. The van der Waals surface area contributed by atoms with Crippen molar-refractivity contribution in [1.29, 1.82) is 0 Å². The first-order chi connectivity index (χ1) is 5.24. The van der Waals surface area contributed by atoms with Gasteiger partial charge in [-0.1, -0.05) is 6.92 Å². The fourth-order valence-corrected chi connectivity index (χ4v) is 1.29. The van der Waals surface area contributed by atoms with Gasteiger partial charge in [0.05, 0.1) is 20.1 Å². The van der Waals surface area contributed by atoms with Crippen molar-refractivity contribution in [2.75, 3.05) is 20.1 Å². The third-order valence-corrected chi connectivity index (χ3v) is 2.17. The molecule has 0 unspecified atom stereocenters. The third-order valence-electron chi connectivity index (χ3n) is 2.17. The summed E-state index contributed by atoms with van der Waals surface area (Å²) in [7, 11) is 1.52. The summed E-state index contributed by atoms with van der Waals surface area (Å²) in [6.45, 7) is 3.92. The van der Waals surface area contributed by atoms with E-state index in [9.17, 15) is 5.21 Å². The lowest BCUT2D eigenvalue weighted by Crippen LogP contribution is -2.37. The summed E-state index contributed by atoms with van der Waals surface area (Å²) in [5, 5.41) is 16.2. The summed E-state index contributed by atoms with van der Waals surface area (Å²) in [6, 6.07) is 0. The van der Waals surface area contributed by atoms with E-state index in [0.29, 0.717) is 4.97 Å². The van der Waals surface area contributed by atoms with E-state index in [1.165, 1.54) is 7.05 Å². The molecule has 0 aromatic heterocycles.